The number of para-hydroxylation sites is 1. The summed E-state index contributed by atoms with van der Waals surface area (Å²) < 4.78 is 41.7. The van der Waals surface area contributed by atoms with Gasteiger partial charge in [0, 0.05) is 12.1 Å². The number of hydrogen-bond acceptors (Lipinski definition) is 1. The summed E-state index contributed by atoms with van der Waals surface area (Å²) in [7, 11) is 1.55. The fraction of sp³-hybridized carbons (Fsp3) is 0.0714. The molecule has 0 radical (unpaired) electrons. The van der Waals surface area contributed by atoms with Crippen molar-refractivity contribution >= 4 is 22.6 Å². The summed E-state index contributed by atoms with van der Waals surface area (Å²) in [5.74, 6) is 0. The van der Waals surface area contributed by atoms with Crippen molar-refractivity contribution in [2.45, 2.75) is 0 Å². The molecule has 0 unspecified atom stereocenters. The third-order valence-electron chi connectivity index (χ3n) is 2.73. The highest BCUT2D eigenvalue weighted by molar-refractivity contribution is 6.31. The first-order chi connectivity index (χ1) is 10.8. The SMILES string of the molecule is [2H]c1c([2H])c([2H])c(-n2c(=O)n(C)c3ccc(Cl)cc32)c([2H])c1[2H]. The largest absolute Gasteiger partial charge is 0.333 e. The highest BCUT2D eigenvalue weighted by Gasteiger charge is 2.11. The van der Waals surface area contributed by atoms with Crippen molar-refractivity contribution in [3.63, 3.8) is 0 Å². The first-order valence-electron chi connectivity index (χ1n) is 7.70. The maximum atomic E-state index is 12.6. The van der Waals surface area contributed by atoms with Crippen LogP contribution in [0.1, 0.15) is 6.85 Å². The average Bonchev–Trinajstić information content (AvgIpc) is 2.76. The number of fused-ring (bicyclic) bond motifs is 1. The van der Waals surface area contributed by atoms with Gasteiger partial charge < -0.3 is 0 Å². The minimum absolute atomic E-state index is 0.186. The van der Waals surface area contributed by atoms with E-state index in [1.807, 2.05) is 0 Å². The van der Waals surface area contributed by atoms with Crippen LogP contribution in [0.4, 0.5) is 0 Å². The van der Waals surface area contributed by atoms with Gasteiger partial charge in [0.15, 0.2) is 0 Å². The summed E-state index contributed by atoms with van der Waals surface area (Å²) in [6.07, 6.45) is 0. The highest BCUT2D eigenvalue weighted by Crippen LogP contribution is 2.20. The number of nitrogens with zero attached hydrogens (tertiary/aromatic N) is 2. The molecular formula is C14H11ClN2O. The zero-order chi connectivity index (χ0) is 17.0. The number of imidazole rings is 1. The van der Waals surface area contributed by atoms with Crippen LogP contribution < -0.4 is 5.69 Å². The molecule has 0 amide bonds. The van der Waals surface area contributed by atoms with E-state index >= 15 is 0 Å². The highest BCUT2D eigenvalue weighted by atomic mass is 35.5. The molecule has 4 heteroatoms. The van der Waals surface area contributed by atoms with Crippen molar-refractivity contribution in [3.8, 4) is 5.69 Å². The number of rotatable bonds is 1. The van der Waals surface area contributed by atoms with Crippen molar-refractivity contribution < 1.29 is 6.85 Å². The van der Waals surface area contributed by atoms with Crippen LogP contribution in [0.3, 0.4) is 0 Å². The van der Waals surface area contributed by atoms with Crippen LogP contribution in [0.2, 0.25) is 5.02 Å². The van der Waals surface area contributed by atoms with Gasteiger partial charge in [0.2, 0.25) is 0 Å². The second kappa shape index (κ2) is 4.03. The Balaban J connectivity index is 2.55. The van der Waals surface area contributed by atoms with Gasteiger partial charge in [0.1, 0.15) is 0 Å². The Morgan fingerprint density at radius 2 is 1.89 bits per heavy atom. The van der Waals surface area contributed by atoms with Crippen molar-refractivity contribution in [3.05, 3.63) is 63.9 Å². The van der Waals surface area contributed by atoms with E-state index in [1.54, 1.807) is 19.2 Å². The Kier molecular flexibility index (Phi) is 1.52. The quantitative estimate of drug-likeness (QED) is 0.663. The van der Waals surface area contributed by atoms with Crippen molar-refractivity contribution in [1.82, 2.24) is 9.13 Å². The smallest absolute Gasteiger partial charge is 0.295 e. The average molecular weight is 264 g/mol. The second-order valence-electron chi connectivity index (χ2n) is 3.78. The molecule has 0 aliphatic carbocycles. The Morgan fingerprint density at radius 3 is 2.61 bits per heavy atom. The van der Waals surface area contributed by atoms with Gasteiger partial charge in [-0.2, -0.15) is 0 Å². The van der Waals surface area contributed by atoms with Crippen LogP contribution in [0.5, 0.6) is 0 Å². The summed E-state index contributed by atoms with van der Waals surface area (Å²) in [6.45, 7) is 0. The molecule has 1 heterocycles. The molecule has 0 aliphatic heterocycles. The molecule has 0 bridgehead atoms. The first kappa shape index (κ1) is 6.81. The van der Waals surface area contributed by atoms with E-state index in [0.717, 1.165) is 4.57 Å². The van der Waals surface area contributed by atoms with Crippen LogP contribution in [-0.2, 0) is 7.05 Å². The molecule has 3 nitrogen and oxygen atoms in total. The lowest BCUT2D eigenvalue weighted by Crippen LogP contribution is -2.20. The van der Waals surface area contributed by atoms with Crippen LogP contribution >= 0.6 is 11.6 Å². The first-order valence-corrected chi connectivity index (χ1v) is 5.57. The minimum atomic E-state index is -0.513. The third kappa shape index (κ3) is 1.56. The summed E-state index contributed by atoms with van der Waals surface area (Å²) in [6, 6.07) is 2.42. The van der Waals surface area contributed by atoms with Gasteiger partial charge in [0.05, 0.1) is 23.6 Å². The molecule has 0 N–H and O–H groups in total. The molecule has 3 rings (SSSR count). The number of benzene rings is 2. The Morgan fingerprint density at radius 1 is 1.17 bits per heavy atom. The summed E-state index contributed by atoms with van der Waals surface area (Å²) >= 11 is 5.98. The van der Waals surface area contributed by atoms with Gasteiger partial charge in [-0.05, 0) is 30.3 Å². The van der Waals surface area contributed by atoms with Gasteiger partial charge in [-0.1, -0.05) is 29.7 Å². The number of aryl methyl sites for hydroxylation is 1. The van der Waals surface area contributed by atoms with Gasteiger partial charge in [0.25, 0.3) is 0 Å². The third-order valence-corrected chi connectivity index (χ3v) is 2.96. The molecule has 18 heavy (non-hydrogen) atoms. The molecule has 0 saturated carbocycles. The summed E-state index contributed by atoms with van der Waals surface area (Å²) in [4.78, 5) is 12.6. The molecule has 0 spiro atoms. The number of aromatic nitrogens is 2. The van der Waals surface area contributed by atoms with Crippen LogP contribution in [0.15, 0.2) is 53.2 Å². The van der Waals surface area contributed by atoms with Crippen molar-refractivity contribution in [2.75, 3.05) is 0 Å². The second-order valence-corrected chi connectivity index (χ2v) is 4.22. The van der Waals surface area contributed by atoms with E-state index in [9.17, 15) is 4.79 Å². The van der Waals surface area contributed by atoms with E-state index in [-0.39, 0.29) is 5.69 Å². The molecule has 0 aliphatic rings. The minimum Gasteiger partial charge on any atom is -0.295 e. The Bertz CT molecular complexity index is 995. The van der Waals surface area contributed by atoms with E-state index in [2.05, 4.69) is 0 Å². The maximum absolute atomic E-state index is 12.6. The van der Waals surface area contributed by atoms with Gasteiger partial charge in [-0.25, -0.2) is 4.79 Å². The van der Waals surface area contributed by atoms with E-state index in [4.69, 9.17) is 18.5 Å². The molecule has 0 atom stereocenters. The van der Waals surface area contributed by atoms with Gasteiger partial charge in [-0.15, -0.1) is 0 Å². The van der Waals surface area contributed by atoms with Crippen molar-refractivity contribution in [2.24, 2.45) is 7.05 Å². The van der Waals surface area contributed by atoms with Gasteiger partial charge in [-0.3, -0.25) is 9.13 Å². The zero-order valence-corrected chi connectivity index (χ0v) is 10.2. The normalized spacial score (nSPS) is 14.9. The molecule has 90 valence electrons. The fourth-order valence-electron chi connectivity index (χ4n) is 1.89. The standard InChI is InChI=1S/C14H11ClN2O/c1-16-12-8-7-10(15)9-13(12)17(14(16)18)11-5-3-2-4-6-11/h2-9H,1H3/i2D,3D,4D,5D,6D. The molecule has 0 fully saturated rings. The monoisotopic (exact) mass is 263 g/mol. The van der Waals surface area contributed by atoms with Crippen LogP contribution in [0, 0.1) is 0 Å². The Labute approximate surface area is 116 Å². The summed E-state index contributed by atoms with van der Waals surface area (Å²) in [5.41, 5.74) is 0.226. The lowest BCUT2D eigenvalue weighted by Gasteiger charge is -2.02. The molecule has 3 aromatic rings. The van der Waals surface area contributed by atoms with E-state index in [0.29, 0.717) is 16.1 Å². The predicted octanol–water partition coefficient (Wildman–Crippen LogP) is 2.98. The lowest BCUT2D eigenvalue weighted by atomic mass is 10.3. The maximum Gasteiger partial charge on any atom is 0.333 e. The lowest BCUT2D eigenvalue weighted by molar-refractivity contribution is 0.846. The van der Waals surface area contributed by atoms with Crippen LogP contribution in [0.25, 0.3) is 16.7 Å². The van der Waals surface area contributed by atoms with E-state index < -0.39 is 35.9 Å². The fourth-order valence-corrected chi connectivity index (χ4v) is 2.05. The Hall–Kier alpha value is -2.00. The van der Waals surface area contributed by atoms with Crippen LogP contribution in [-0.4, -0.2) is 9.13 Å². The molecule has 1 aromatic heterocycles. The number of hydrogen-bond donors (Lipinski definition) is 0. The summed E-state index contributed by atoms with van der Waals surface area (Å²) in [5, 5.41) is 0.379. The van der Waals surface area contributed by atoms with Gasteiger partial charge >= 0.3 is 5.69 Å². The molecular weight excluding hydrogens is 248 g/mol. The predicted molar refractivity (Wildman–Crippen MR) is 73.5 cm³/mol. The topological polar surface area (TPSA) is 26.9 Å². The van der Waals surface area contributed by atoms with E-state index in [1.165, 1.54) is 10.6 Å². The number of halogens is 1. The molecule has 0 saturated heterocycles. The zero-order valence-electron chi connectivity index (χ0n) is 14.4. The van der Waals surface area contributed by atoms with Crippen molar-refractivity contribution in [1.29, 1.82) is 0 Å². The molecule has 2 aromatic carbocycles.